The first-order valence-electron chi connectivity index (χ1n) is 5.22. The molecule has 0 aliphatic rings. The van der Waals surface area contributed by atoms with Crippen molar-refractivity contribution in [3.05, 3.63) is 29.8 Å². The smallest absolute Gasteiger partial charge is 0.423 e. The van der Waals surface area contributed by atoms with Crippen molar-refractivity contribution in [1.29, 1.82) is 0 Å². The van der Waals surface area contributed by atoms with Crippen LogP contribution in [0, 0.1) is 0 Å². The molecular formula is C10H9BF6O3. The fourth-order valence-corrected chi connectivity index (χ4v) is 1.34. The molecule has 0 heterocycles. The molecule has 3 nitrogen and oxygen atoms in total. The minimum atomic E-state index is -5.56. The van der Waals surface area contributed by atoms with Crippen LogP contribution >= 0.6 is 0 Å². The minimum absolute atomic E-state index is 0.0351. The van der Waals surface area contributed by atoms with Crippen molar-refractivity contribution in [2.75, 3.05) is 0 Å². The molecule has 2 N–H and O–H groups in total. The van der Waals surface area contributed by atoms with Gasteiger partial charge in [0.1, 0.15) is 0 Å². The molecule has 0 radical (unpaired) electrons. The van der Waals surface area contributed by atoms with E-state index >= 15 is 0 Å². The summed E-state index contributed by atoms with van der Waals surface area (Å²) in [6.45, 7) is -0.911. The first-order chi connectivity index (χ1) is 9.01. The molecule has 0 fully saturated rings. The monoisotopic (exact) mass is 302 g/mol. The number of alkyl halides is 6. The summed E-state index contributed by atoms with van der Waals surface area (Å²) in [6, 6.07) is 4.58. The van der Waals surface area contributed by atoms with Crippen molar-refractivity contribution < 1.29 is 41.1 Å². The van der Waals surface area contributed by atoms with Gasteiger partial charge in [0.25, 0.3) is 0 Å². The van der Waals surface area contributed by atoms with Crippen LogP contribution in [0.15, 0.2) is 24.3 Å². The van der Waals surface area contributed by atoms with Crippen LogP contribution in [0.25, 0.3) is 0 Å². The zero-order valence-corrected chi connectivity index (χ0v) is 9.74. The quantitative estimate of drug-likeness (QED) is 0.652. The van der Waals surface area contributed by atoms with Crippen LogP contribution in [0.1, 0.15) is 5.56 Å². The van der Waals surface area contributed by atoms with Gasteiger partial charge in [-0.2, -0.15) is 26.3 Å². The Balaban J connectivity index is 2.73. The molecule has 20 heavy (non-hydrogen) atoms. The number of hydrogen-bond donors (Lipinski definition) is 2. The van der Waals surface area contributed by atoms with Gasteiger partial charge < -0.3 is 14.8 Å². The summed E-state index contributed by atoms with van der Waals surface area (Å²) >= 11 is 0. The maximum absolute atomic E-state index is 12.2. The first kappa shape index (κ1) is 16.8. The molecule has 0 aliphatic heterocycles. The van der Waals surface area contributed by atoms with Gasteiger partial charge in [0.05, 0.1) is 6.61 Å². The van der Waals surface area contributed by atoms with E-state index in [9.17, 15) is 26.3 Å². The summed E-state index contributed by atoms with van der Waals surface area (Å²) in [5.41, 5.74) is 0.0878. The minimum Gasteiger partial charge on any atom is -0.423 e. The summed E-state index contributed by atoms with van der Waals surface area (Å²) < 4.78 is 76.9. The van der Waals surface area contributed by atoms with E-state index in [1.54, 1.807) is 0 Å². The Labute approximate surface area is 109 Å². The maximum atomic E-state index is 12.2. The van der Waals surface area contributed by atoms with Crippen molar-refractivity contribution >= 4 is 12.6 Å². The highest BCUT2D eigenvalue weighted by molar-refractivity contribution is 6.58. The second-order valence-electron chi connectivity index (χ2n) is 3.89. The van der Waals surface area contributed by atoms with Crippen LogP contribution in [0.3, 0.4) is 0 Å². The average molecular weight is 302 g/mol. The lowest BCUT2D eigenvalue weighted by atomic mass is 9.80. The number of halogens is 6. The Morgan fingerprint density at radius 1 is 0.950 bits per heavy atom. The van der Waals surface area contributed by atoms with Gasteiger partial charge in [0.2, 0.25) is 6.10 Å². The summed E-state index contributed by atoms with van der Waals surface area (Å²) in [5.74, 6) is 0. The fraction of sp³-hybridized carbons (Fsp3) is 0.400. The second kappa shape index (κ2) is 6.02. The van der Waals surface area contributed by atoms with E-state index in [-0.39, 0.29) is 11.0 Å². The van der Waals surface area contributed by atoms with E-state index in [1.165, 1.54) is 0 Å². The normalized spacial score (nSPS) is 12.8. The zero-order valence-electron chi connectivity index (χ0n) is 9.74. The van der Waals surface area contributed by atoms with Gasteiger partial charge in [-0.25, -0.2) is 0 Å². The molecule has 0 bridgehead atoms. The van der Waals surface area contributed by atoms with E-state index in [2.05, 4.69) is 4.74 Å². The molecule has 1 aromatic carbocycles. The van der Waals surface area contributed by atoms with Gasteiger partial charge in [-0.3, -0.25) is 0 Å². The molecule has 0 aromatic heterocycles. The number of benzene rings is 1. The molecule has 1 rings (SSSR count). The molecule has 0 saturated heterocycles. The summed E-state index contributed by atoms with van der Waals surface area (Å²) in [7, 11) is -1.77. The Morgan fingerprint density at radius 2 is 1.40 bits per heavy atom. The Hall–Kier alpha value is -1.26. The van der Waals surface area contributed by atoms with Crippen molar-refractivity contribution in [3.63, 3.8) is 0 Å². The fourth-order valence-electron chi connectivity index (χ4n) is 1.34. The van der Waals surface area contributed by atoms with Crippen LogP contribution in [-0.2, 0) is 11.3 Å². The molecule has 112 valence electrons. The van der Waals surface area contributed by atoms with Crippen molar-refractivity contribution in [2.45, 2.75) is 25.1 Å². The Morgan fingerprint density at radius 3 is 1.75 bits per heavy atom. The molecule has 0 unspecified atom stereocenters. The third-order valence-electron chi connectivity index (χ3n) is 2.29. The van der Waals surface area contributed by atoms with Crippen molar-refractivity contribution in [3.8, 4) is 0 Å². The predicted molar refractivity (Wildman–Crippen MR) is 57.0 cm³/mol. The lowest BCUT2D eigenvalue weighted by Crippen LogP contribution is -2.44. The van der Waals surface area contributed by atoms with Crippen LogP contribution in [0.2, 0.25) is 0 Å². The SMILES string of the molecule is OB(O)c1ccc(COC(C(F)(F)F)C(F)(F)F)cc1. The van der Waals surface area contributed by atoms with E-state index in [0.717, 1.165) is 24.3 Å². The van der Waals surface area contributed by atoms with Crippen molar-refractivity contribution in [2.24, 2.45) is 0 Å². The molecule has 1 aromatic rings. The maximum Gasteiger partial charge on any atom is 0.488 e. The zero-order chi connectivity index (χ0) is 15.6. The third-order valence-corrected chi connectivity index (χ3v) is 2.29. The van der Waals surface area contributed by atoms with E-state index in [4.69, 9.17) is 10.0 Å². The lowest BCUT2D eigenvalue weighted by molar-refractivity contribution is -0.324. The van der Waals surface area contributed by atoms with Gasteiger partial charge >= 0.3 is 19.5 Å². The first-order valence-corrected chi connectivity index (χ1v) is 5.22. The molecule has 0 spiro atoms. The van der Waals surface area contributed by atoms with Gasteiger partial charge in [0, 0.05) is 0 Å². The topological polar surface area (TPSA) is 49.7 Å². The summed E-state index contributed by atoms with van der Waals surface area (Å²) in [6.07, 6.45) is -15.0. The van der Waals surface area contributed by atoms with Gasteiger partial charge in [0.15, 0.2) is 0 Å². The third kappa shape index (κ3) is 4.69. The number of hydrogen-bond acceptors (Lipinski definition) is 3. The molecule has 0 aliphatic carbocycles. The largest absolute Gasteiger partial charge is 0.488 e. The molecule has 0 saturated carbocycles. The van der Waals surface area contributed by atoms with Crippen molar-refractivity contribution in [1.82, 2.24) is 0 Å². The number of ether oxygens (including phenoxy) is 1. The summed E-state index contributed by atoms with van der Waals surface area (Å²) in [5, 5.41) is 17.5. The number of rotatable bonds is 4. The van der Waals surface area contributed by atoms with Gasteiger partial charge in [-0.05, 0) is 11.0 Å². The van der Waals surface area contributed by atoms with Crippen LogP contribution in [0.5, 0.6) is 0 Å². The second-order valence-corrected chi connectivity index (χ2v) is 3.89. The van der Waals surface area contributed by atoms with E-state index in [1.807, 2.05) is 0 Å². The highest BCUT2D eigenvalue weighted by Gasteiger charge is 2.57. The highest BCUT2D eigenvalue weighted by Crippen LogP contribution is 2.36. The van der Waals surface area contributed by atoms with E-state index in [0.29, 0.717) is 0 Å². The highest BCUT2D eigenvalue weighted by atomic mass is 19.4. The molecule has 0 atom stereocenters. The van der Waals surface area contributed by atoms with Crippen LogP contribution in [-0.4, -0.2) is 35.6 Å². The molecule has 10 heteroatoms. The Bertz CT molecular complexity index is 414. The van der Waals surface area contributed by atoms with Gasteiger partial charge in [-0.15, -0.1) is 0 Å². The Kier molecular flexibility index (Phi) is 5.06. The summed E-state index contributed by atoms with van der Waals surface area (Å²) in [4.78, 5) is 0. The van der Waals surface area contributed by atoms with Gasteiger partial charge in [-0.1, -0.05) is 24.3 Å². The standard InChI is InChI=1S/C10H9BF6O3/c12-9(13,14)8(10(15,16)17)20-5-6-1-3-7(4-2-6)11(18)19/h1-4,8,18-19H,5H2. The van der Waals surface area contributed by atoms with Crippen LogP contribution < -0.4 is 5.46 Å². The average Bonchev–Trinajstić information content (AvgIpc) is 2.26. The van der Waals surface area contributed by atoms with Crippen LogP contribution in [0.4, 0.5) is 26.3 Å². The van der Waals surface area contributed by atoms with E-state index < -0.39 is 32.2 Å². The lowest BCUT2D eigenvalue weighted by Gasteiger charge is -2.23. The molecular weight excluding hydrogens is 293 g/mol. The predicted octanol–water partition coefficient (Wildman–Crippen LogP) is 1.38. The molecule has 0 amide bonds.